The molecule has 3 atom stereocenters. The van der Waals surface area contributed by atoms with Gasteiger partial charge in [-0.15, -0.1) is 0 Å². The summed E-state index contributed by atoms with van der Waals surface area (Å²) in [7, 11) is 0. The number of hydrogen-bond acceptors (Lipinski definition) is 5. The highest BCUT2D eigenvalue weighted by atomic mass is 16.3. The maximum atomic E-state index is 9.03. The summed E-state index contributed by atoms with van der Waals surface area (Å²) in [6, 6.07) is -0.378. The molecule has 0 saturated heterocycles. The van der Waals surface area contributed by atoms with Crippen LogP contribution in [0.3, 0.4) is 0 Å². The highest BCUT2D eigenvalue weighted by Gasteiger charge is 2.12. The van der Waals surface area contributed by atoms with Crippen LogP contribution in [0.4, 0.5) is 0 Å². The summed E-state index contributed by atoms with van der Waals surface area (Å²) in [5.41, 5.74) is 5.10. The maximum Gasteiger partial charge on any atom is 0.117 e. The van der Waals surface area contributed by atoms with Gasteiger partial charge in [0.05, 0.1) is 0 Å². The van der Waals surface area contributed by atoms with Crippen LogP contribution in [0.25, 0.3) is 0 Å². The van der Waals surface area contributed by atoms with E-state index in [1.807, 2.05) is 0 Å². The molecule has 0 radical (unpaired) electrons. The van der Waals surface area contributed by atoms with Crippen LogP contribution >= 0.6 is 0 Å². The van der Waals surface area contributed by atoms with Gasteiger partial charge in [0.25, 0.3) is 0 Å². The number of aliphatic hydroxyl groups is 3. The molecular formula is C6H16N2O3. The van der Waals surface area contributed by atoms with Gasteiger partial charge in [-0.2, -0.15) is 0 Å². The molecule has 0 aliphatic rings. The Hall–Kier alpha value is -0.200. The summed E-state index contributed by atoms with van der Waals surface area (Å²) in [5, 5.41) is 28.8. The lowest BCUT2D eigenvalue weighted by Gasteiger charge is -2.20. The monoisotopic (exact) mass is 164 g/mol. The predicted molar refractivity (Wildman–Crippen MR) is 40.5 cm³/mol. The molecule has 68 valence electrons. The average molecular weight is 164 g/mol. The molecule has 0 bridgehead atoms. The van der Waals surface area contributed by atoms with Crippen molar-refractivity contribution < 1.29 is 15.3 Å². The lowest BCUT2D eigenvalue weighted by molar-refractivity contribution is 0.0578. The number of nitrogens with two attached hydrogens (primary N) is 1. The molecule has 0 heterocycles. The van der Waals surface area contributed by atoms with Crippen LogP contribution in [0, 0.1) is 0 Å². The lowest BCUT2D eigenvalue weighted by atomic mass is 10.3. The van der Waals surface area contributed by atoms with Crippen molar-refractivity contribution in [2.45, 2.75) is 31.8 Å². The van der Waals surface area contributed by atoms with E-state index < -0.39 is 12.5 Å². The Kier molecular flexibility index (Phi) is 5.35. The van der Waals surface area contributed by atoms with Gasteiger partial charge >= 0.3 is 0 Å². The molecule has 6 N–H and O–H groups in total. The summed E-state index contributed by atoms with van der Waals surface area (Å²) >= 11 is 0. The first-order chi connectivity index (χ1) is 5.07. The predicted octanol–water partition coefficient (Wildman–Crippen LogP) is -2.06. The van der Waals surface area contributed by atoms with Crippen LogP contribution < -0.4 is 11.1 Å². The Morgan fingerprint density at radius 2 is 2.00 bits per heavy atom. The maximum absolute atomic E-state index is 9.03. The Morgan fingerprint density at radius 3 is 2.36 bits per heavy atom. The van der Waals surface area contributed by atoms with Gasteiger partial charge in [0.15, 0.2) is 0 Å². The normalized spacial score (nSPS) is 19.4. The first-order valence-corrected chi connectivity index (χ1v) is 3.56. The highest BCUT2D eigenvalue weighted by molar-refractivity contribution is 4.66. The average Bonchev–Trinajstić information content (AvgIpc) is 1.87. The van der Waals surface area contributed by atoms with Gasteiger partial charge in [-0.1, -0.05) is 0 Å². The summed E-state index contributed by atoms with van der Waals surface area (Å²) in [6.07, 6.45) is -1.58. The fourth-order valence-corrected chi connectivity index (χ4v) is 0.608. The first-order valence-electron chi connectivity index (χ1n) is 3.56. The minimum absolute atomic E-state index is 0.0957. The molecule has 0 aromatic heterocycles. The summed E-state index contributed by atoms with van der Waals surface area (Å²) in [6.45, 7) is 1.55. The molecule has 5 nitrogen and oxygen atoms in total. The van der Waals surface area contributed by atoms with Gasteiger partial charge in [-0.3, -0.25) is 5.32 Å². The second-order valence-electron chi connectivity index (χ2n) is 2.47. The van der Waals surface area contributed by atoms with E-state index in [1.54, 1.807) is 6.92 Å². The van der Waals surface area contributed by atoms with Gasteiger partial charge in [0, 0.05) is 19.1 Å². The van der Waals surface area contributed by atoms with Crippen molar-refractivity contribution >= 4 is 0 Å². The number of rotatable bonds is 5. The van der Waals surface area contributed by atoms with E-state index in [1.165, 1.54) is 0 Å². The molecule has 0 aliphatic carbocycles. The highest BCUT2D eigenvalue weighted by Crippen LogP contribution is 1.90. The first kappa shape index (κ1) is 10.8. The van der Waals surface area contributed by atoms with Crippen molar-refractivity contribution in [1.82, 2.24) is 5.32 Å². The van der Waals surface area contributed by atoms with Gasteiger partial charge in [-0.25, -0.2) is 0 Å². The minimum atomic E-state index is -0.997. The topological polar surface area (TPSA) is 98.7 Å². The minimum Gasteiger partial charge on any atom is -0.396 e. The van der Waals surface area contributed by atoms with Crippen molar-refractivity contribution in [3.8, 4) is 0 Å². The van der Waals surface area contributed by atoms with Crippen molar-refractivity contribution in [3.05, 3.63) is 0 Å². The van der Waals surface area contributed by atoms with Crippen LogP contribution in [0.1, 0.15) is 13.3 Å². The molecule has 2 unspecified atom stereocenters. The van der Waals surface area contributed by atoms with E-state index in [2.05, 4.69) is 5.32 Å². The molecule has 0 spiro atoms. The molecule has 11 heavy (non-hydrogen) atoms. The zero-order chi connectivity index (χ0) is 8.85. The number of aliphatic hydroxyl groups excluding tert-OH is 3. The van der Waals surface area contributed by atoms with E-state index >= 15 is 0 Å². The fraction of sp³-hybridized carbons (Fsp3) is 1.00. The van der Waals surface area contributed by atoms with E-state index in [0.717, 1.165) is 0 Å². The molecule has 0 aromatic carbocycles. The lowest BCUT2D eigenvalue weighted by Crippen LogP contribution is -2.47. The standard InChI is InChI=1S/C6H16N2O3/c1-4(6(7)11)8-5(10)2-3-9/h4-6,8-11H,2-3,7H2,1H3/t4-,5?,6?/m0/s1. The second kappa shape index (κ2) is 5.45. The van der Waals surface area contributed by atoms with Crippen molar-refractivity contribution in [3.63, 3.8) is 0 Å². The molecule has 0 saturated carbocycles. The summed E-state index contributed by atoms with van der Waals surface area (Å²) in [5.74, 6) is 0. The number of hydrogen-bond donors (Lipinski definition) is 5. The third-order valence-corrected chi connectivity index (χ3v) is 1.37. The Bertz CT molecular complexity index is 99.8. The van der Waals surface area contributed by atoms with Crippen molar-refractivity contribution in [1.29, 1.82) is 0 Å². The van der Waals surface area contributed by atoms with Gasteiger partial charge in [-0.05, 0) is 6.92 Å². The van der Waals surface area contributed by atoms with Crippen LogP contribution in [0.2, 0.25) is 0 Å². The molecule has 0 fully saturated rings. The Morgan fingerprint density at radius 1 is 1.45 bits per heavy atom. The molecule has 5 heteroatoms. The zero-order valence-electron chi connectivity index (χ0n) is 6.57. The van der Waals surface area contributed by atoms with Crippen LogP contribution in [-0.2, 0) is 0 Å². The summed E-state index contributed by atoms with van der Waals surface area (Å²) < 4.78 is 0. The van der Waals surface area contributed by atoms with E-state index in [-0.39, 0.29) is 19.1 Å². The van der Waals surface area contributed by atoms with E-state index in [0.29, 0.717) is 0 Å². The Balaban J connectivity index is 3.48. The molecule has 0 aliphatic heterocycles. The van der Waals surface area contributed by atoms with Crippen LogP contribution in [0.15, 0.2) is 0 Å². The van der Waals surface area contributed by atoms with Gasteiger partial charge in [0.2, 0.25) is 0 Å². The molecule has 0 amide bonds. The second-order valence-corrected chi connectivity index (χ2v) is 2.47. The van der Waals surface area contributed by atoms with E-state index in [9.17, 15) is 0 Å². The van der Waals surface area contributed by atoms with Crippen molar-refractivity contribution in [2.24, 2.45) is 5.73 Å². The molecule has 0 aromatic rings. The fourth-order valence-electron chi connectivity index (χ4n) is 0.608. The zero-order valence-corrected chi connectivity index (χ0v) is 6.57. The van der Waals surface area contributed by atoms with Crippen LogP contribution in [0.5, 0.6) is 0 Å². The molecular weight excluding hydrogens is 148 g/mol. The Labute approximate surface area is 65.8 Å². The quantitative estimate of drug-likeness (QED) is 0.301. The van der Waals surface area contributed by atoms with E-state index in [4.69, 9.17) is 21.1 Å². The van der Waals surface area contributed by atoms with Crippen molar-refractivity contribution in [2.75, 3.05) is 6.61 Å². The third kappa shape index (κ3) is 5.11. The summed E-state index contributed by atoms with van der Waals surface area (Å²) in [4.78, 5) is 0. The van der Waals surface area contributed by atoms with Gasteiger partial charge in [0.1, 0.15) is 12.5 Å². The SMILES string of the molecule is C[C@H](NC(O)CCO)C(N)O. The number of nitrogens with one attached hydrogen (secondary N) is 1. The van der Waals surface area contributed by atoms with Gasteiger partial charge < -0.3 is 21.1 Å². The smallest absolute Gasteiger partial charge is 0.117 e. The molecule has 0 rings (SSSR count). The third-order valence-electron chi connectivity index (χ3n) is 1.37. The van der Waals surface area contributed by atoms with Crippen LogP contribution in [-0.4, -0.2) is 40.4 Å². The largest absolute Gasteiger partial charge is 0.396 e.